The number of likely N-dealkylation sites (N-methyl/N-ethyl adjacent to an activating group) is 1. The highest BCUT2D eigenvalue weighted by molar-refractivity contribution is 5.82. The van der Waals surface area contributed by atoms with E-state index in [0.717, 1.165) is 12.0 Å². The average Bonchev–Trinajstić information content (AvgIpc) is 2.51. The number of amides is 1. The summed E-state index contributed by atoms with van der Waals surface area (Å²) in [6, 6.07) is 8.20. The van der Waals surface area contributed by atoms with E-state index in [4.69, 9.17) is 9.94 Å². The van der Waals surface area contributed by atoms with Crippen molar-refractivity contribution in [2.45, 2.75) is 33.1 Å². The minimum Gasteiger partial charge on any atom is -0.395 e. The summed E-state index contributed by atoms with van der Waals surface area (Å²) in [5.41, 5.74) is 4.77. The molecule has 0 aliphatic rings. The van der Waals surface area contributed by atoms with Crippen LogP contribution in [-0.4, -0.2) is 49.3 Å². The van der Waals surface area contributed by atoms with E-state index in [9.17, 15) is 4.79 Å². The standard InChI is InChI=1S/C18H30N2O3/c1-14(2)13-16-5-7-17(8-6-16)15(3)18(22)19-23-12-10-20(4)9-11-21/h5-8,14-15,21H,9-13H2,1-4H3,(H,19,22)/t15-/m1/s1. The molecule has 0 unspecified atom stereocenters. The first-order chi connectivity index (χ1) is 10.9. The second kappa shape index (κ2) is 10.4. The summed E-state index contributed by atoms with van der Waals surface area (Å²) >= 11 is 0. The lowest BCUT2D eigenvalue weighted by atomic mass is 9.96. The molecule has 1 aromatic carbocycles. The monoisotopic (exact) mass is 322 g/mol. The lowest BCUT2D eigenvalue weighted by Gasteiger charge is -2.16. The fourth-order valence-electron chi connectivity index (χ4n) is 2.26. The Morgan fingerprint density at radius 3 is 2.43 bits per heavy atom. The number of nitrogens with zero attached hydrogens (tertiary/aromatic N) is 1. The highest BCUT2D eigenvalue weighted by Crippen LogP contribution is 2.17. The van der Waals surface area contributed by atoms with E-state index in [-0.39, 0.29) is 18.4 Å². The summed E-state index contributed by atoms with van der Waals surface area (Å²) in [5.74, 6) is 0.226. The van der Waals surface area contributed by atoms with E-state index in [1.54, 1.807) is 0 Å². The van der Waals surface area contributed by atoms with E-state index in [1.165, 1.54) is 5.56 Å². The van der Waals surface area contributed by atoms with Crippen molar-refractivity contribution in [2.24, 2.45) is 5.92 Å². The number of aliphatic hydroxyl groups excluding tert-OH is 1. The lowest BCUT2D eigenvalue weighted by Crippen LogP contribution is -2.32. The highest BCUT2D eigenvalue weighted by Gasteiger charge is 2.15. The Labute approximate surface area is 139 Å². The minimum absolute atomic E-state index is 0.118. The molecule has 0 aromatic heterocycles. The molecule has 0 saturated heterocycles. The number of hydrogen-bond donors (Lipinski definition) is 2. The van der Waals surface area contributed by atoms with Gasteiger partial charge in [0.25, 0.3) is 5.91 Å². The molecule has 2 N–H and O–H groups in total. The number of rotatable bonds is 10. The molecule has 1 amide bonds. The van der Waals surface area contributed by atoms with Crippen molar-refractivity contribution in [3.63, 3.8) is 0 Å². The van der Waals surface area contributed by atoms with Crippen LogP contribution in [0.15, 0.2) is 24.3 Å². The number of hydrogen-bond acceptors (Lipinski definition) is 4. The molecule has 1 rings (SSSR count). The lowest BCUT2D eigenvalue weighted by molar-refractivity contribution is -0.135. The van der Waals surface area contributed by atoms with Crippen LogP contribution >= 0.6 is 0 Å². The van der Waals surface area contributed by atoms with Crippen molar-refractivity contribution in [3.8, 4) is 0 Å². The molecule has 1 atom stereocenters. The Kier molecular flexibility index (Phi) is 8.84. The Morgan fingerprint density at radius 2 is 1.87 bits per heavy atom. The van der Waals surface area contributed by atoms with Gasteiger partial charge in [0.2, 0.25) is 0 Å². The Morgan fingerprint density at radius 1 is 1.22 bits per heavy atom. The summed E-state index contributed by atoms with van der Waals surface area (Å²) in [6.45, 7) is 8.01. The molecule has 0 aliphatic heterocycles. The van der Waals surface area contributed by atoms with Gasteiger partial charge in [-0.25, -0.2) is 5.48 Å². The zero-order chi connectivity index (χ0) is 17.2. The van der Waals surface area contributed by atoms with Crippen LogP contribution in [0, 0.1) is 5.92 Å². The number of carbonyl (C=O) groups is 1. The fraction of sp³-hybridized carbons (Fsp3) is 0.611. The molecule has 0 saturated carbocycles. The first-order valence-electron chi connectivity index (χ1n) is 8.24. The summed E-state index contributed by atoms with van der Waals surface area (Å²) in [7, 11) is 1.89. The predicted molar refractivity (Wildman–Crippen MR) is 92.1 cm³/mol. The van der Waals surface area contributed by atoms with Crippen molar-refractivity contribution < 1.29 is 14.7 Å². The molecule has 0 heterocycles. The zero-order valence-electron chi connectivity index (χ0n) is 14.7. The van der Waals surface area contributed by atoms with Gasteiger partial charge in [-0.3, -0.25) is 9.63 Å². The smallest absolute Gasteiger partial charge is 0.250 e. The van der Waals surface area contributed by atoms with Crippen LogP contribution in [0.4, 0.5) is 0 Å². The van der Waals surface area contributed by atoms with Gasteiger partial charge in [0.1, 0.15) is 0 Å². The zero-order valence-corrected chi connectivity index (χ0v) is 14.7. The third-order valence-corrected chi connectivity index (χ3v) is 3.75. The van der Waals surface area contributed by atoms with Crippen LogP contribution in [0.2, 0.25) is 0 Å². The molecular formula is C18H30N2O3. The quantitative estimate of drug-likeness (QED) is 0.511. The molecule has 0 fully saturated rings. The van der Waals surface area contributed by atoms with Gasteiger partial charge in [0.05, 0.1) is 19.1 Å². The maximum Gasteiger partial charge on any atom is 0.250 e. The van der Waals surface area contributed by atoms with Crippen molar-refractivity contribution in [1.29, 1.82) is 0 Å². The summed E-state index contributed by atoms with van der Waals surface area (Å²) in [5, 5.41) is 8.80. The molecule has 0 radical (unpaired) electrons. The van der Waals surface area contributed by atoms with Crippen LogP contribution in [-0.2, 0) is 16.1 Å². The first kappa shape index (κ1) is 19.6. The number of hydroxylamine groups is 1. The Bertz CT molecular complexity index is 460. The van der Waals surface area contributed by atoms with Gasteiger partial charge in [-0.05, 0) is 37.4 Å². The predicted octanol–water partition coefficient (Wildman–Crippen LogP) is 1.96. The van der Waals surface area contributed by atoms with Crippen LogP contribution in [0.1, 0.15) is 37.8 Å². The third kappa shape index (κ3) is 7.59. The molecule has 5 nitrogen and oxygen atoms in total. The number of nitrogens with one attached hydrogen (secondary N) is 1. The second-order valence-electron chi connectivity index (χ2n) is 6.40. The number of carbonyl (C=O) groups excluding carboxylic acids is 1. The van der Waals surface area contributed by atoms with Gasteiger partial charge in [0.15, 0.2) is 0 Å². The number of aliphatic hydroxyl groups is 1. The van der Waals surface area contributed by atoms with E-state index in [1.807, 2.05) is 31.0 Å². The van der Waals surface area contributed by atoms with Gasteiger partial charge < -0.3 is 10.0 Å². The molecule has 0 aliphatic carbocycles. The molecule has 23 heavy (non-hydrogen) atoms. The highest BCUT2D eigenvalue weighted by atomic mass is 16.7. The molecule has 130 valence electrons. The average molecular weight is 322 g/mol. The fourth-order valence-corrected chi connectivity index (χ4v) is 2.26. The molecule has 0 spiro atoms. The van der Waals surface area contributed by atoms with Gasteiger partial charge in [-0.2, -0.15) is 0 Å². The van der Waals surface area contributed by atoms with Crippen molar-refractivity contribution in [3.05, 3.63) is 35.4 Å². The summed E-state index contributed by atoms with van der Waals surface area (Å²) < 4.78 is 0. The van der Waals surface area contributed by atoms with Gasteiger partial charge in [-0.1, -0.05) is 38.1 Å². The molecule has 0 bridgehead atoms. The first-order valence-corrected chi connectivity index (χ1v) is 8.24. The largest absolute Gasteiger partial charge is 0.395 e. The maximum absolute atomic E-state index is 12.1. The molecule has 5 heteroatoms. The molecular weight excluding hydrogens is 292 g/mol. The van der Waals surface area contributed by atoms with Gasteiger partial charge in [0, 0.05) is 13.1 Å². The van der Waals surface area contributed by atoms with Crippen LogP contribution in [0.5, 0.6) is 0 Å². The second-order valence-corrected chi connectivity index (χ2v) is 6.40. The van der Waals surface area contributed by atoms with Gasteiger partial charge in [-0.15, -0.1) is 0 Å². The Balaban J connectivity index is 2.38. The third-order valence-electron chi connectivity index (χ3n) is 3.75. The van der Waals surface area contributed by atoms with E-state index >= 15 is 0 Å². The van der Waals surface area contributed by atoms with Crippen molar-refractivity contribution in [1.82, 2.24) is 10.4 Å². The van der Waals surface area contributed by atoms with Gasteiger partial charge >= 0.3 is 0 Å². The van der Waals surface area contributed by atoms with E-state index in [0.29, 0.717) is 25.6 Å². The summed E-state index contributed by atoms with van der Waals surface area (Å²) in [4.78, 5) is 19.2. The minimum atomic E-state index is -0.252. The van der Waals surface area contributed by atoms with Crippen molar-refractivity contribution in [2.75, 3.05) is 33.4 Å². The Hall–Kier alpha value is -1.43. The summed E-state index contributed by atoms with van der Waals surface area (Å²) in [6.07, 6.45) is 1.05. The normalized spacial score (nSPS) is 12.7. The topological polar surface area (TPSA) is 61.8 Å². The van der Waals surface area contributed by atoms with Crippen LogP contribution in [0.25, 0.3) is 0 Å². The SMILES string of the molecule is CC(C)Cc1ccc([C@@H](C)C(=O)NOCCN(C)CCO)cc1. The number of benzene rings is 1. The van der Waals surface area contributed by atoms with Crippen LogP contribution in [0.3, 0.4) is 0 Å². The van der Waals surface area contributed by atoms with E-state index in [2.05, 4.69) is 31.5 Å². The molecule has 1 aromatic rings. The van der Waals surface area contributed by atoms with E-state index < -0.39 is 0 Å². The van der Waals surface area contributed by atoms with Crippen LogP contribution < -0.4 is 5.48 Å². The van der Waals surface area contributed by atoms with Crippen molar-refractivity contribution >= 4 is 5.91 Å². The maximum atomic E-state index is 12.1.